The van der Waals surface area contributed by atoms with Crippen molar-refractivity contribution in [3.05, 3.63) is 182 Å². The van der Waals surface area contributed by atoms with Gasteiger partial charge in [-0.15, -0.1) is 22.7 Å². The second-order valence-electron chi connectivity index (χ2n) is 12.9. The lowest BCUT2D eigenvalue weighted by atomic mass is 9.95. The Balaban J connectivity index is 1.06. The van der Waals surface area contributed by atoms with E-state index in [0.29, 0.717) is 0 Å². The van der Waals surface area contributed by atoms with Crippen molar-refractivity contribution in [3.8, 4) is 55.6 Å². The third-order valence-electron chi connectivity index (χ3n) is 9.91. The maximum absolute atomic E-state index is 2.38. The van der Waals surface area contributed by atoms with Crippen LogP contribution in [0.2, 0.25) is 0 Å². The van der Waals surface area contributed by atoms with Gasteiger partial charge in [0.1, 0.15) is 0 Å². The molecular formula is C48H30S2. The van der Waals surface area contributed by atoms with Gasteiger partial charge >= 0.3 is 0 Å². The maximum Gasteiger partial charge on any atom is 0.0434 e. The standard InChI is InChI=1S/C48H30S2/c1-2-11-31(12-3-1)32-25-27-33(28-26-32)34-13-6-14-35(29-34)39-19-9-22-43-44-23-10-20-40(48(44)50-47(39)43)37-16-7-15-36(30-37)38-18-8-21-42-41-17-4-5-24-45(41)49-46(38)42/h1-30H. The number of rotatable bonds is 5. The Morgan fingerprint density at radius 1 is 0.240 bits per heavy atom. The summed E-state index contributed by atoms with van der Waals surface area (Å²) in [5, 5.41) is 5.30. The molecule has 0 unspecified atom stereocenters. The predicted octanol–water partition coefficient (Wildman–Crippen LogP) is 14.8. The molecule has 10 aromatic rings. The van der Waals surface area contributed by atoms with Crippen molar-refractivity contribution in [2.24, 2.45) is 0 Å². The Morgan fingerprint density at radius 2 is 0.620 bits per heavy atom. The lowest BCUT2D eigenvalue weighted by molar-refractivity contribution is 1.58. The van der Waals surface area contributed by atoms with Crippen molar-refractivity contribution in [2.45, 2.75) is 0 Å². The van der Waals surface area contributed by atoms with Crippen LogP contribution in [0.15, 0.2) is 182 Å². The lowest BCUT2D eigenvalue weighted by Crippen LogP contribution is -1.83. The molecule has 50 heavy (non-hydrogen) atoms. The highest BCUT2D eigenvalue weighted by Gasteiger charge is 2.16. The van der Waals surface area contributed by atoms with Gasteiger partial charge in [-0.3, -0.25) is 0 Å². The molecule has 0 bridgehead atoms. The summed E-state index contributed by atoms with van der Waals surface area (Å²) in [7, 11) is 0. The van der Waals surface area contributed by atoms with E-state index in [0.717, 1.165) is 0 Å². The molecule has 0 saturated heterocycles. The maximum atomic E-state index is 2.38. The van der Waals surface area contributed by atoms with Crippen LogP contribution in [-0.4, -0.2) is 0 Å². The van der Waals surface area contributed by atoms with Crippen LogP contribution in [0.5, 0.6) is 0 Å². The third kappa shape index (κ3) is 4.88. The Labute approximate surface area is 299 Å². The van der Waals surface area contributed by atoms with Gasteiger partial charge in [-0.25, -0.2) is 0 Å². The van der Waals surface area contributed by atoms with Gasteiger partial charge in [-0.05, 0) is 73.8 Å². The first-order valence-corrected chi connectivity index (χ1v) is 18.6. The zero-order chi connectivity index (χ0) is 33.0. The predicted molar refractivity (Wildman–Crippen MR) is 219 cm³/mol. The SMILES string of the molecule is c1ccc(-c2ccc(-c3cccc(-c4cccc5c4sc4c(-c6cccc(-c7cccc8c7sc7ccccc78)c6)cccc45)c3)cc2)cc1. The summed E-state index contributed by atoms with van der Waals surface area (Å²) < 4.78 is 5.35. The quantitative estimate of drug-likeness (QED) is 0.171. The molecule has 2 heterocycles. The van der Waals surface area contributed by atoms with Crippen molar-refractivity contribution >= 4 is 63.0 Å². The zero-order valence-corrected chi connectivity index (χ0v) is 28.8. The molecule has 0 amide bonds. The van der Waals surface area contributed by atoms with Gasteiger partial charge in [0.25, 0.3) is 0 Å². The van der Waals surface area contributed by atoms with E-state index in [1.54, 1.807) is 0 Å². The zero-order valence-electron chi connectivity index (χ0n) is 27.1. The molecule has 0 aliphatic rings. The van der Waals surface area contributed by atoms with E-state index in [9.17, 15) is 0 Å². The number of hydrogen-bond donors (Lipinski definition) is 0. The summed E-state index contributed by atoms with van der Waals surface area (Å²) in [5.74, 6) is 0. The van der Waals surface area contributed by atoms with E-state index in [2.05, 4.69) is 182 Å². The Hall–Kier alpha value is -5.80. The van der Waals surface area contributed by atoms with E-state index < -0.39 is 0 Å². The van der Waals surface area contributed by atoms with Crippen molar-refractivity contribution in [1.29, 1.82) is 0 Å². The fraction of sp³-hybridized carbons (Fsp3) is 0. The molecule has 0 nitrogen and oxygen atoms in total. The lowest BCUT2D eigenvalue weighted by Gasteiger charge is -2.09. The second-order valence-corrected chi connectivity index (χ2v) is 14.9. The van der Waals surface area contributed by atoms with Crippen molar-refractivity contribution < 1.29 is 0 Å². The van der Waals surface area contributed by atoms with Gasteiger partial charge in [0.15, 0.2) is 0 Å². The minimum atomic E-state index is 1.23. The highest BCUT2D eigenvalue weighted by atomic mass is 32.1. The van der Waals surface area contributed by atoms with Gasteiger partial charge in [0.05, 0.1) is 0 Å². The summed E-state index contributed by atoms with van der Waals surface area (Å²) in [6.07, 6.45) is 0. The summed E-state index contributed by atoms with van der Waals surface area (Å²) >= 11 is 3.81. The van der Waals surface area contributed by atoms with Crippen LogP contribution in [0.4, 0.5) is 0 Å². The number of hydrogen-bond acceptors (Lipinski definition) is 2. The number of fused-ring (bicyclic) bond motifs is 6. The molecule has 2 aromatic heterocycles. The van der Waals surface area contributed by atoms with E-state index in [4.69, 9.17) is 0 Å². The Bertz CT molecular complexity index is 2850. The van der Waals surface area contributed by atoms with Crippen molar-refractivity contribution in [2.75, 3.05) is 0 Å². The first kappa shape index (κ1) is 29.1. The average molecular weight is 671 g/mol. The van der Waals surface area contributed by atoms with Crippen LogP contribution in [0.25, 0.3) is 96.0 Å². The average Bonchev–Trinajstić information content (AvgIpc) is 3.77. The Kier molecular flexibility index (Phi) is 6.97. The van der Waals surface area contributed by atoms with E-state index in [-0.39, 0.29) is 0 Å². The van der Waals surface area contributed by atoms with Gasteiger partial charge in [-0.1, -0.05) is 164 Å². The third-order valence-corrected chi connectivity index (χ3v) is 12.4. The molecule has 0 aliphatic carbocycles. The largest absolute Gasteiger partial charge is 0.135 e. The molecule has 8 aromatic carbocycles. The summed E-state index contributed by atoms with van der Waals surface area (Å²) in [6.45, 7) is 0. The first-order valence-electron chi connectivity index (χ1n) is 17.0. The second kappa shape index (κ2) is 12.0. The van der Waals surface area contributed by atoms with E-state index >= 15 is 0 Å². The number of benzene rings is 8. The molecule has 0 radical (unpaired) electrons. The van der Waals surface area contributed by atoms with Crippen LogP contribution >= 0.6 is 22.7 Å². The van der Waals surface area contributed by atoms with Crippen LogP contribution in [-0.2, 0) is 0 Å². The summed E-state index contributed by atoms with van der Waals surface area (Å²) in [4.78, 5) is 0. The Morgan fingerprint density at radius 3 is 1.22 bits per heavy atom. The molecule has 0 fully saturated rings. The first-order chi connectivity index (χ1) is 24.8. The minimum absolute atomic E-state index is 1.23. The van der Waals surface area contributed by atoms with Gasteiger partial charge in [0.2, 0.25) is 0 Å². The highest BCUT2D eigenvalue weighted by Crippen LogP contribution is 2.45. The van der Waals surface area contributed by atoms with E-state index in [1.807, 2.05) is 22.7 Å². The fourth-order valence-electron chi connectivity index (χ4n) is 7.46. The smallest absolute Gasteiger partial charge is 0.0434 e. The topological polar surface area (TPSA) is 0 Å². The van der Waals surface area contributed by atoms with Crippen LogP contribution < -0.4 is 0 Å². The van der Waals surface area contributed by atoms with Crippen LogP contribution in [0, 0.1) is 0 Å². The molecule has 234 valence electrons. The normalized spacial score (nSPS) is 11.6. The van der Waals surface area contributed by atoms with Gasteiger partial charge in [0, 0.05) is 40.3 Å². The molecule has 0 N–H and O–H groups in total. The molecule has 10 rings (SSSR count). The molecule has 0 atom stereocenters. The molecular weight excluding hydrogens is 641 g/mol. The number of thiophene rings is 2. The summed E-state index contributed by atoms with van der Waals surface area (Å²) in [5.41, 5.74) is 12.5. The van der Waals surface area contributed by atoms with Gasteiger partial charge < -0.3 is 0 Å². The van der Waals surface area contributed by atoms with Crippen LogP contribution in [0.1, 0.15) is 0 Å². The van der Waals surface area contributed by atoms with Crippen molar-refractivity contribution in [1.82, 2.24) is 0 Å². The molecule has 0 aliphatic heterocycles. The summed E-state index contributed by atoms with van der Waals surface area (Å²) in [6, 6.07) is 66.7. The van der Waals surface area contributed by atoms with E-state index in [1.165, 1.54) is 96.0 Å². The van der Waals surface area contributed by atoms with Gasteiger partial charge in [-0.2, -0.15) is 0 Å². The molecule has 2 heteroatoms. The fourth-order valence-corrected chi connectivity index (χ4v) is 10.1. The minimum Gasteiger partial charge on any atom is -0.135 e. The van der Waals surface area contributed by atoms with Crippen molar-refractivity contribution in [3.63, 3.8) is 0 Å². The molecule has 0 saturated carbocycles. The molecule has 0 spiro atoms. The van der Waals surface area contributed by atoms with Crippen LogP contribution in [0.3, 0.4) is 0 Å². The monoisotopic (exact) mass is 670 g/mol. The highest BCUT2D eigenvalue weighted by molar-refractivity contribution is 7.27.